The molecule has 2 aromatic rings. The lowest BCUT2D eigenvalue weighted by molar-refractivity contribution is 0.0947. The van der Waals surface area contributed by atoms with Crippen molar-refractivity contribution in [1.82, 2.24) is 20.1 Å². The number of rotatable bonds is 5. The van der Waals surface area contributed by atoms with E-state index < -0.39 is 0 Å². The van der Waals surface area contributed by atoms with Gasteiger partial charge in [0.1, 0.15) is 0 Å². The Labute approximate surface area is 117 Å². The molecule has 6 nitrogen and oxygen atoms in total. The highest BCUT2D eigenvalue weighted by Gasteiger charge is 2.15. The number of nitrogens with one attached hydrogen (secondary N) is 1. The molecule has 0 spiro atoms. The number of carbonyl (C=O) groups excluding carboxylic acids is 1. The van der Waals surface area contributed by atoms with Crippen LogP contribution in [0.4, 0.5) is 0 Å². The lowest BCUT2D eigenvalue weighted by Gasteiger charge is -2.11. The van der Waals surface area contributed by atoms with Crippen LogP contribution in [0, 0.1) is 12.8 Å². The molecular formula is C14H20N4O2. The third-order valence-corrected chi connectivity index (χ3v) is 3.31. The highest BCUT2D eigenvalue weighted by atomic mass is 16.3. The van der Waals surface area contributed by atoms with Crippen molar-refractivity contribution in [2.45, 2.75) is 20.3 Å². The van der Waals surface area contributed by atoms with Crippen molar-refractivity contribution in [1.29, 1.82) is 0 Å². The van der Waals surface area contributed by atoms with Gasteiger partial charge in [-0.3, -0.25) is 9.48 Å². The molecule has 0 aromatic carbocycles. The summed E-state index contributed by atoms with van der Waals surface area (Å²) >= 11 is 0. The van der Waals surface area contributed by atoms with E-state index in [2.05, 4.69) is 15.4 Å². The Bertz CT molecular complexity index is 621. The lowest BCUT2D eigenvalue weighted by Crippen LogP contribution is -2.29. The van der Waals surface area contributed by atoms with Gasteiger partial charge in [-0.25, -0.2) is 4.98 Å². The van der Waals surface area contributed by atoms with Crippen LogP contribution in [0.1, 0.15) is 29.4 Å². The molecule has 0 saturated heterocycles. The van der Waals surface area contributed by atoms with Crippen LogP contribution in [-0.2, 0) is 7.05 Å². The molecule has 0 bridgehead atoms. The van der Waals surface area contributed by atoms with Crippen molar-refractivity contribution in [3.63, 3.8) is 0 Å². The van der Waals surface area contributed by atoms with Crippen LogP contribution in [0.15, 0.2) is 12.3 Å². The number of carbonyl (C=O) groups is 1. The average molecular weight is 276 g/mol. The molecule has 0 saturated carbocycles. The molecule has 20 heavy (non-hydrogen) atoms. The molecule has 0 aliphatic heterocycles. The zero-order chi connectivity index (χ0) is 14.7. The zero-order valence-corrected chi connectivity index (χ0v) is 12.1. The van der Waals surface area contributed by atoms with E-state index >= 15 is 0 Å². The first-order chi connectivity index (χ1) is 9.52. The summed E-state index contributed by atoms with van der Waals surface area (Å²) in [5.74, 6) is 0.120. The summed E-state index contributed by atoms with van der Waals surface area (Å²) in [6.45, 7) is 4.53. The van der Waals surface area contributed by atoms with Crippen molar-refractivity contribution in [2.24, 2.45) is 13.0 Å². The van der Waals surface area contributed by atoms with E-state index in [9.17, 15) is 4.79 Å². The molecule has 0 aliphatic carbocycles. The smallest absolute Gasteiger partial charge is 0.252 e. The number of hydrogen-bond donors (Lipinski definition) is 2. The van der Waals surface area contributed by atoms with E-state index in [1.165, 1.54) is 0 Å². The number of hydrogen-bond acceptors (Lipinski definition) is 4. The number of fused-ring (bicyclic) bond motifs is 1. The maximum absolute atomic E-state index is 12.3. The first-order valence-electron chi connectivity index (χ1n) is 6.71. The van der Waals surface area contributed by atoms with Gasteiger partial charge < -0.3 is 10.4 Å². The molecule has 1 atom stereocenters. The Hall–Kier alpha value is -1.95. The summed E-state index contributed by atoms with van der Waals surface area (Å²) in [6.07, 6.45) is 2.34. The predicted octanol–water partition coefficient (Wildman–Crippen LogP) is 1.03. The Morgan fingerprint density at radius 1 is 1.55 bits per heavy atom. The van der Waals surface area contributed by atoms with Crippen LogP contribution in [0.25, 0.3) is 11.0 Å². The van der Waals surface area contributed by atoms with Gasteiger partial charge in [-0.05, 0) is 25.3 Å². The predicted molar refractivity (Wildman–Crippen MR) is 76.4 cm³/mol. The third kappa shape index (κ3) is 2.96. The third-order valence-electron chi connectivity index (χ3n) is 3.31. The fourth-order valence-corrected chi connectivity index (χ4v) is 2.11. The number of aromatic nitrogens is 3. The minimum absolute atomic E-state index is 0.127. The number of nitrogens with zero attached hydrogens (tertiary/aromatic N) is 3. The largest absolute Gasteiger partial charge is 0.396 e. The van der Waals surface area contributed by atoms with Crippen LogP contribution in [-0.4, -0.2) is 38.9 Å². The van der Waals surface area contributed by atoms with Crippen molar-refractivity contribution in [3.8, 4) is 0 Å². The van der Waals surface area contributed by atoms with Crippen molar-refractivity contribution >= 4 is 16.9 Å². The monoisotopic (exact) mass is 276 g/mol. The molecule has 1 unspecified atom stereocenters. The first-order valence-corrected chi connectivity index (χ1v) is 6.71. The minimum Gasteiger partial charge on any atom is -0.396 e. The van der Waals surface area contributed by atoms with Gasteiger partial charge in [0.15, 0.2) is 5.65 Å². The number of pyridine rings is 1. The van der Waals surface area contributed by atoms with Gasteiger partial charge in [0.05, 0.1) is 17.1 Å². The highest BCUT2D eigenvalue weighted by Crippen LogP contribution is 2.17. The number of aliphatic hydroxyl groups excluding tert-OH is 1. The molecule has 2 heterocycles. The van der Waals surface area contributed by atoms with Gasteiger partial charge in [0.2, 0.25) is 0 Å². The normalized spacial score (nSPS) is 12.6. The quantitative estimate of drug-likeness (QED) is 0.854. The van der Waals surface area contributed by atoms with Crippen molar-refractivity contribution in [2.75, 3.05) is 13.2 Å². The number of aliphatic hydroxyl groups is 1. The fraction of sp³-hybridized carbons (Fsp3) is 0.500. The van der Waals surface area contributed by atoms with Gasteiger partial charge in [0, 0.05) is 25.9 Å². The fourth-order valence-electron chi connectivity index (χ4n) is 2.11. The minimum atomic E-state index is -0.127. The van der Waals surface area contributed by atoms with Gasteiger partial charge in [0.25, 0.3) is 5.91 Å². The van der Waals surface area contributed by atoms with E-state index in [1.807, 2.05) is 13.8 Å². The average Bonchev–Trinajstić information content (AvgIpc) is 2.77. The number of aryl methyl sites for hydroxylation is 2. The molecule has 0 radical (unpaired) electrons. The molecule has 6 heteroatoms. The van der Waals surface area contributed by atoms with Crippen LogP contribution in [0.5, 0.6) is 0 Å². The molecule has 2 N–H and O–H groups in total. The molecule has 1 amide bonds. The van der Waals surface area contributed by atoms with Gasteiger partial charge in [-0.15, -0.1) is 0 Å². The summed E-state index contributed by atoms with van der Waals surface area (Å²) in [5, 5.41) is 16.7. The maximum atomic E-state index is 12.3. The van der Waals surface area contributed by atoms with E-state index in [4.69, 9.17) is 5.11 Å². The molecule has 2 aromatic heterocycles. The Balaban J connectivity index is 2.21. The van der Waals surface area contributed by atoms with E-state index in [1.54, 1.807) is 24.0 Å². The maximum Gasteiger partial charge on any atom is 0.252 e. The summed E-state index contributed by atoms with van der Waals surface area (Å²) in [7, 11) is 1.81. The Kier molecular flexibility index (Phi) is 4.34. The molecule has 2 rings (SSSR count). The van der Waals surface area contributed by atoms with Crippen LogP contribution in [0.3, 0.4) is 0 Å². The second-order valence-electron chi connectivity index (χ2n) is 5.14. The second-order valence-corrected chi connectivity index (χ2v) is 5.14. The van der Waals surface area contributed by atoms with E-state index in [0.29, 0.717) is 24.2 Å². The van der Waals surface area contributed by atoms with E-state index in [0.717, 1.165) is 11.1 Å². The van der Waals surface area contributed by atoms with Crippen LogP contribution in [0.2, 0.25) is 0 Å². The van der Waals surface area contributed by atoms with E-state index in [-0.39, 0.29) is 18.4 Å². The Morgan fingerprint density at radius 2 is 2.30 bits per heavy atom. The standard InChI is InChI=1S/C14H20N4O2/c1-9(4-5-19)7-15-14(20)11-6-10(2)17-13-12(11)8-16-18(13)3/h6,8-9,19H,4-5,7H2,1-3H3,(H,15,20). The van der Waals surface area contributed by atoms with Crippen LogP contribution >= 0.6 is 0 Å². The summed E-state index contributed by atoms with van der Waals surface area (Å²) < 4.78 is 1.66. The Morgan fingerprint density at radius 3 is 3.00 bits per heavy atom. The summed E-state index contributed by atoms with van der Waals surface area (Å²) in [4.78, 5) is 16.7. The molecule has 0 aliphatic rings. The first kappa shape index (κ1) is 14.5. The SMILES string of the molecule is Cc1cc(C(=O)NCC(C)CCO)c2cnn(C)c2n1. The summed E-state index contributed by atoms with van der Waals surface area (Å²) in [5.41, 5.74) is 2.09. The zero-order valence-electron chi connectivity index (χ0n) is 12.1. The van der Waals surface area contributed by atoms with Gasteiger partial charge >= 0.3 is 0 Å². The molecular weight excluding hydrogens is 256 g/mol. The van der Waals surface area contributed by atoms with Crippen molar-refractivity contribution < 1.29 is 9.90 Å². The highest BCUT2D eigenvalue weighted by molar-refractivity contribution is 6.05. The van der Waals surface area contributed by atoms with Crippen molar-refractivity contribution in [3.05, 3.63) is 23.5 Å². The van der Waals surface area contributed by atoms with Gasteiger partial charge in [-0.1, -0.05) is 6.92 Å². The van der Waals surface area contributed by atoms with Gasteiger partial charge in [-0.2, -0.15) is 5.10 Å². The molecule has 0 fully saturated rings. The molecule has 108 valence electrons. The summed E-state index contributed by atoms with van der Waals surface area (Å²) in [6, 6.07) is 1.77. The van der Waals surface area contributed by atoms with Crippen LogP contribution < -0.4 is 5.32 Å². The lowest BCUT2D eigenvalue weighted by atomic mass is 10.1. The topological polar surface area (TPSA) is 80.0 Å². The second kappa shape index (κ2) is 6.00. The number of amides is 1.